The molecule has 0 amide bonds. The van der Waals surface area contributed by atoms with Crippen molar-refractivity contribution in [2.75, 3.05) is 31.2 Å². The van der Waals surface area contributed by atoms with Gasteiger partial charge in [0.2, 0.25) is 0 Å². The van der Waals surface area contributed by atoms with Gasteiger partial charge in [0.05, 0.1) is 12.1 Å². The molecule has 1 aromatic heterocycles. The first-order valence-corrected chi connectivity index (χ1v) is 11.6. The van der Waals surface area contributed by atoms with Crippen molar-refractivity contribution in [2.45, 2.75) is 24.3 Å². The highest BCUT2D eigenvalue weighted by Crippen LogP contribution is 2.21. The lowest BCUT2D eigenvalue weighted by Gasteiger charge is -2.10. The summed E-state index contributed by atoms with van der Waals surface area (Å²) in [4.78, 5) is 15.1. The van der Waals surface area contributed by atoms with Crippen LogP contribution in [0.2, 0.25) is 0 Å². The number of hydrogen-bond donors (Lipinski definition) is 3. The summed E-state index contributed by atoms with van der Waals surface area (Å²) in [6, 6.07) is 23.8. The van der Waals surface area contributed by atoms with E-state index in [0.29, 0.717) is 0 Å². The predicted octanol–water partition coefficient (Wildman–Crippen LogP) is 4.75. The fourth-order valence-corrected chi connectivity index (χ4v) is 3.46. The molecule has 0 aliphatic rings. The Morgan fingerprint density at radius 2 is 1.65 bits per heavy atom. The van der Waals surface area contributed by atoms with Crippen molar-refractivity contribution < 1.29 is 9.90 Å². The van der Waals surface area contributed by atoms with E-state index in [0.717, 1.165) is 48.8 Å². The SMILES string of the molecule is CSc1ncccc1NCCCNCCc1cccc(CC(=O)O)c1.c1ccccc1. The Labute approximate surface area is 189 Å². The number of benzene rings is 2. The van der Waals surface area contributed by atoms with Crippen LogP contribution in [0.3, 0.4) is 0 Å². The molecule has 0 atom stereocenters. The maximum Gasteiger partial charge on any atom is 0.307 e. The fourth-order valence-electron chi connectivity index (χ4n) is 2.94. The minimum Gasteiger partial charge on any atom is -0.481 e. The van der Waals surface area contributed by atoms with E-state index < -0.39 is 5.97 Å². The first-order valence-electron chi connectivity index (χ1n) is 10.4. The number of aromatic nitrogens is 1. The van der Waals surface area contributed by atoms with Crippen LogP contribution in [0.15, 0.2) is 84.0 Å². The number of aliphatic carboxylic acids is 1. The molecule has 5 nitrogen and oxygen atoms in total. The Kier molecular flexibility index (Phi) is 11.9. The lowest BCUT2D eigenvalue weighted by molar-refractivity contribution is -0.136. The second-order valence-corrected chi connectivity index (χ2v) is 7.68. The molecule has 3 N–H and O–H groups in total. The average Bonchev–Trinajstić information content (AvgIpc) is 2.80. The van der Waals surface area contributed by atoms with Crippen LogP contribution in [0.1, 0.15) is 17.5 Å². The van der Waals surface area contributed by atoms with Gasteiger partial charge in [0.25, 0.3) is 0 Å². The Balaban J connectivity index is 0.000000488. The molecule has 3 rings (SSSR count). The molecule has 0 saturated heterocycles. The number of carbonyl (C=O) groups is 1. The van der Waals surface area contributed by atoms with E-state index in [1.54, 1.807) is 11.8 Å². The van der Waals surface area contributed by atoms with Crippen molar-refractivity contribution in [2.24, 2.45) is 0 Å². The largest absolute Gasteiger partial charge is 0.481 e. The summed E-state index contributed by atoms with van der Waals surface area (Å²) in [6.45, 7) is 2.73. The molecule has 164 valence electrons. The molecule has 2 aromatic carbocycles. The van der Waals surface area contributed by atoms with Crippen molar-refractivity contribution in [3.8, 4) is 0 Å². The third-order valence-electron chi connectivity index (χ3n) is 4.41. The second kappa shape index (κ2) is 15.0. The number of nitrogens with one attached hydrogen (secondary N) is 2. The molecule has 3 aromatic rings. The summed E-state index contributed by atoms with van der Waals surface area (Å²) < 4.78 is 0. The smallest absolute Gasteiger partial charge is 0.307 e. The summed E-state index contributed by atoms with van der Waals surface area (Å²) in [5, 5.41) is 16.7. The van der Waals surface area contributed by atoms with Gasteiger partial charge in [0.15, 0.2) is 0 Å². The number of rotatable bonds is 11. The van der Waals surface area contributed by atoms with Crippen LogP contribution in [0, 0.1) is 0 Å². The third-order valence-corrected chi connectivity index (χ3v) is 5.13. The standard InChI is InChI=1S/C19H25N3O2S.C6H6/c1-25-19-17(7-3-10-22-19)21-11-4-9-20-12-8-15-5-2-6-16(13-15)14-18(23)24;1-2-4-6-5-3-1/h2-3,5-7,10,13,20-21H,4,8-9,11-12,14H2,1H3,(H,23,24);1-6H. The maximum atomic E-state index is 10.8. The van der Waals surface area contributed by atoms with E-state index in [1.807, 2.05) is 79.2 Å². The molecule has 0 aliphatic heterocycles. The van der Waals surface area contributed by atoms with Gasteiger partial charge in [-0.05, 0) is 55.4 Å². The normalized spacial score (nSPS) is 10.1. The quantitative estimate of drug-likeness (QED) is 0.297. The number of pyridine rings is 1. The summed E-state index contributed by atoms with van der Waals surface area (Å²) in [5.74, 6) is -0.791. The van der Waals surface area contributed by atoms with Gasteiger partial charge in [0, 0.05) is 12.7 Å². The first kappa shape index (κ1) is 24.4. The first-order chi connectivity index (χ1) is 15.2. The molecular weight excluding hydrogens is 406 g/mol. The average molecular weight is 438 g/mol. The molecule has 0 radical (unpaired) electrons. The van der Waals surface area contributed by atoms with Crippen LogP contribution in [0.25, 0.3) is 0 Å². The molecule has 0 fully saturated rings. The number of carboxylic acids is 1. The van der Waals surface area contributed by atoms with Gasteiger partial charge in [-0.1, -0.05) is 60.7 Å². The number of hydrogen-bond acceptors (Lipinski definition) is 5. The van der Waals surface area contributed by atoms with Crippen molar-refractivity contribution in [1.82, 2.24) is 10.3 Å². The highest BCUT2D eigenvalue weighted by atomic mass is 32.2. The van der Waals surface area contributed by atoms with Gasteiger partial charge in [-0.25, -0.2) is 4.98 Å². The minimum absolute atomic E-state index is 0.0827. The Morgan fingerprint density at radius 1 is 0.935 bits per heavy atom. The van der Waals surface area contributed by atoms with E-state index >= 15 is 0 Å². The Hall–Kier alpha value is -2.83. The van der Waals surface area contributed by atoms with E-state index in [1.165, 1.54) is 5.56 Å². The van der Waals surface area contributed by atoms with Crippen molar-refractivity contribution in [3.05, 3.63) is 90.1 Å². The molecule has 6 heteroatoms. The van der Waals surface area contributed by atoms with Gasteiger partial charge < -0.3 is 15.7 Å². The van der Waals surface area contributed by atoms with Gasteiger partial charge >= 0.3 is 5.97 Å². The zero-order valence-electron chi connectivity index (χ0n) is 18.0. The maximum absolute atomic E-state index is 10.8. The molecule has 31 heavy (non-hydrogen) atoms. The third kappa shape index (κ3) is 10.7. The Bertz CT molecular complexity index is 864. The molecule has 0 bridgehead atoms. The summed E-state index contributed by atoms with van der Waals surface area (Å²) in [7, 11) is 0. The lowest BCUT2D eigenvalue weighted by Crippen LogP contribution is -2.20. The van der Waals surface area contributed by atoms with Crippen LogP contribution >= 0.6 is 11.8 Å². The van der Waals surface area contributed by atoms with E-state index in [-0.39, 0.29) is 6.42 Å². The van der Waals surface area contributed by atoms with Crippen LogP contribution in [0.5, 0.6) is 0 Å². The predicted molar refractivity (Wildman–Crippen MR) is 130 cm³/mol. The number of thioether (sulfide) groups is 1. The summed E-state index contributed by atoms with van der Waals surface area (Å²) in [5.41, 5.74) is 3.12. The minimum atomic E-state index is -0.791. The monoisotopic (exact) mass is 437 g/mol. The van der Waals surface area contributed by atoms with Gasteiger partial charge in [-0.15, -0.1) is 11.8 Å². The molecular formula is C25H31N3O2S. The zero-order valence-corrected chi connectivity index (χ0v) is 18.8. The van der Waals surface area contributed by atoms with Gasteiger partial charge in [0.1, 0.15) is 5.03 Å². The number of carboxylic acid groups (broad SMARTS) is 1. The summed E-state index contributed by atoms with van der Waals surface area (Å²) >= 11 is 1.64. The van der Waals surface area contributed by atoms with Crippen molar-refractivity contribution in [1.29, 1.82) is 0 Å². The zero-order chi connectivity index (χ0) is 22.2. The van der Waals surface area contributed by atoms with Crippen LogP contribution < -0.4 is 10.6 Å². The van der Waals surface area contributed by atoms with Gasteiger partial charge in [-0.2, -0.15) is 0 Å². The Morgan fingerprint density at radius 3 is 2.32 bits per heavy atom. The van der Waals surface area contributed by atoms with Crippen LogP contribution in [-0.4, -0.2) is 41.9 Å². The van der Waals surface area contributed by atoms with Crippen LogP contribution in [0.4, 0.5) is 5.69 Å². The number of nitrogens with zero attached hydrogens (tertiary/aromatic N) is 1. The highest BCUT2D eigenvalue weighted by molar-refractivity contribution is 7.98. The molecule has 0 spiro atoms. The van der Waals surface area contributed by atoms with Gasteiger partial charge in [-0.3, -0.25) is 4.79 Å². The van der Waals surface area contributed by atoms with E-state index in [2.05, 4.69) is 21.7 Å². The molecule has 0 aliphatic carbocycles. The van der Waals surface area contributed by atoms with Crippen molar-refractivity contribution in [3.63, 3.8) is 0 Å². The summed E-state index contributed by atoms with van der Waals surface area (Å²) in [6.07, 6.45) is 5.85. The van der Waals surface area contributed by atoms with Crippen molar-refractivity contribution >= 4 is 23.4 Å². The second-order valence-electron chi connectivity index (χ2n) is 6.89. The molecule has 0 saturated carbocycles. The molecule has 1 heterocycles. The lowest BCUT2D eigenvalue weighted by atomic mass is 10.1. The number of anilines is 1. The topological polar surface area (TPSA) is 74.2 Å². The van der Waals surface area contributed by atoms with E-state index in [9.17, 15) is 4.79 Å². The van der Waals surface area contributed by atoms with Crippen LogP contribution in [-0.2, 0) is 17.6 Å². The van der Waals surface area contributed by atoms with E-state index in [4.69, 9.17) is 5.11 Å². The highest BCUT2D eigenvalue weighted by Gasteiger charge is 2.02. The fraction of sp³-hybridized carbons (Fsp3) is 0.280. The molecule has 0 unspecified atom stereocenters.